The van der Waals surface area contributed by atoms with Gasteiger partial charge in [0.2, 0.25) is 0 Å². The first kappa shape index (κ1) is 19.1. The number of allylic oxidation sites excluding steroid dienone is 1. The Morgan fingerprint density at radius 2 is 2.04 bits per heavy atom. The molecule has 2 N–H and O–H groups in total. The number of rotatable bonds is 0. The molecule has 26 heavy (non-hydrogen) atoms. The quantitative estimate of drug-likeness (QED) is 0.283. The normalized spacial score (nSPS) is 45.3. The fraction of sp³-hybridized carbons (Fsp3) is 0.684. The molecule has 3 rings (SSSR count). The molecule has 0 spiro atoms. The highest BCUT2D eigenvalue weighted by Crippen LogP contribution is 2.45. The van der Waals surface area contributed by atoms with Crippen molar-refractivity contribution in [2.75, 3.05) is 26.7 Å². The van der Waals surface area contributed by atoms with E-state index in [-0.39, 0.29) is 13.0 Å². The number of carbonyl (C=O) groups is 2. The monoisotopic (exact) mass is 366 g/mol. The third kappa shape index (κ3) is 2.61. The van der Waals surface area contributed by atoms with Crippen molar-refractivity contribution in [2.24, 2.45) is 5.92 Å². The maximum atomic E-state index is 12.7. The molecule has 3 aliphatic rings. The van der Waals surface area contributed by atoms with Crippen LogP contribution in [0.15, 0.2) is 23.3 Å². The van der Waals surface area contributed by atoms with Gasteiger partial charge in [0.1, 0.15) is 13.2 Å². The number of hydrogen-bond donors (Lipinski definition) is 2. The maximum Gasteiger partial charge on any atom is 0.338 e. The first-order valence-electron chi connectivity index (χ1n) is 9.08. The molecule has 2 saturated heterocycles. The van der Waals surface area contributed by atoms with Crippen molar-refractivity contribution in [3.05, 3.63) is 23.3 Å². The van der Waals surface area contributed by atoms with E-state index in [0.717, 1.165) is 0 Å². The summed E-state index contributed by atoms with van der Waals surface area (Å²) in [5, 5.41) is 22.1. The summed E-state index contributed by atoms with van der Waals surface area (Å²) in [5.41, 5.74) is -2.26. The van der Waals surface area contributed by atoms with E-state index in [9.17, 15) is 19.8 Å². The first-order valence-corrected chi connectivity index (χ1v) is 9.08. The fourth-order valence-corrected chi connectivity index (χ4v) is 4.22. The Kier molecular flexibility index (Phi) is 4.53. The van der Waals surface area contributed by atoms with Gasteiger partial charge < -0.3 is 19.7 Å². The topological polar surface area (TPSA) is 93.1 Å². The zero-order valence-corrected chi connectivity index (χ0v) is 15.8. The smallest absolute Gasteiger partial charge is 0.338 e. The van der Waals surface area contributed by atoms with Crippen LogP contribution in [-0.4, -0.2) is 70.8 Å². The number of quaternary nitrogens is 1. The highest BCUT2D eigenvalue weighted by atomic mass is 16.6. The van der Waals surface area contributed by atoms with Gasteiger partial charge in [0.15, 0.2) is 11.7 Å². The van der Waals surface area contributed by atoms with Crippen molar-refractivity contribution < 1.29 is 33.8 Å². The molecular formula is C19H28NO6+. The molecule has 0 saturated carbocycles. The molecule has 3 heterocycles. The van der Waals surface area contributed by atoms with Gasteiger partial charge in [0, 0.05) is 12.0 Å². The number of hydrogen-bond acceptors (Lipinski definition) is 6. The van der Waals surface area contributed by atoms with Gasteiger partial charge in [0.25, 0.3) is 5.72 Å². The minimum absolute atomic E-state index is 0.128. The van der Waals surface area contributed by atoms with Crippen LogP contribution in [0, 0.1) is 5.92 Å². The second-order valence-corrected chi connectivity index (χ2v) is 8.08. The van der Waals surface area contributed by atoms with Gasteiger partial charge in [-0.15, -0.1) is 0 Å². The lowest BCUT2D eigenvalue weighted by Gasteiger charge is -2.40. The molecule has 3 aliphatic heterocycles. The van der Waals surface area contributed by atoms with Crippen molar-refractivity contribution >= 4 is 11.9 Å². The van der Waals surface area contributed by atoms with Crippen LogP contribution in [0.1, 0.15) is 33.6 Å². The summed E-state index contributed by atoms with van der Waals surface area (Å²) in [6.45, 7) is 5.89. The summed E-state index contributed by atoms with van der Waals surface area (Å²) >= 11 is 0. The Bertz CT molecular complexity index is 696. The van der Waals surface area contributed by atoms with Gasteiger partial charge in [-0.1, -0.05) is 13.0 Å². The average molecular weight is 366 g/mol. The predicted molar refractivity (Wildman–Crippen MR) is 92.6 cm³/mol. The van der Waals surface area contributed by atoms with Crippen molar-refractivity contribution in [2.45, 2.75) is 51.0 Å². The third-order valence-electron chi connectivity index (χ3n) is 6.49. The van der Waals surface area contributed by atoms with Crippen LogP contribution in [0.3, 0.4) is 0 Å². The molecule has 0 aliphatic carbocycles. The summed E-state index contributed by atoms with van der Waals surface area (Å²) in [7, 11) is 1.90. The number of esters is 2. The standard InChI is InChI=1S/C19H28NO6/c1-5-13-10-12(2)18(3,23)17(22)25-11-14-6-8-20(4)9-7-15(19(14,20)24)26-16(13)21/h5-6,12,15,23-24H,7-11H2,1-4H3/q+1/b13-5-/t12-,15-,18+,19+,20?/m1/s1. The van der Waals surface area contributed by atoms with Gasteiger partial charge >= 0.3 is 11.9 Å². The lowest BCUT2D eigenvalue weighted by molar-refractivity contribution is -0.955. The van der Waals surface area contributed by atoms with Crippen LogP contribution in [0.25, 0.3) is 0 Å². The molecule has 2 fully saturated rings. The molecular weight excluding hydrogens is 338 g/mol. The Hall–Kier alpha value is -1.70. The predicted octanol–water partition coefficient (Wildman–Crippen LogP) is 0.657. The Labute approximate surface area is 153 Å². The minimum Gasteiger partial charge on any atom is -0.459 e. The number of ether oxygens (including phenoxy) is 2. The Morgan fingerprint density at radius 3 is 2.69 bits per heavy atom. The summed E-state index contributed by atoms with van der Waals surface area (Å²) in [6.07, 6.45) is 3.49. The minimum atomic E-state index is -1.75. The van der Waals surface area contributed by atoms with E-state index in [2.05, 4.69) is 0 Å². The van der Waals surface area contributed by atoms with Gasteiger partial charge in [-0.05, 0) is 32.3 Å². The molecule has 7 heteroatoms. The molecule has 144 valence electrons. The second kappa shape index (κ2) is 6.18. The fourth-order valence-electron chi connectivity index (χ4n) is 4.22. The van der Waals surface area contributed by atoms with Crippen LogP contribution >= 0.6 is 0 Å². The van der Waals surface area contributed by atoms with Crippen LogP contribution in [0.2, 0.25) is 0 Å². The van der Waals surface area contributed by atoms with Crippen molar-refractivity contribution in [1.82, 2.24) is 0 Å². The largest absolute Gasteiger partial charge is 0.459 e. The van der Waals surface area contributed by atoms with Gasteiger partial charge in [-0.25, -0.2) is 9.59 Å². The van der Waals surface area contributed by atoms with Crippen molar-refractivity contribution in [3.63, 3.8) is 0 Å². The van der Waals surface area contributed by atoms with Crippen LogP contribution < -0.4 is 0 Å². The summed E-state index contributed by atoms with van der Waals surface area (Å²) in [6, 6.07) is 0. The third-order valence-corrected chi connectivity index (χ3v) is 6.49. The molecule has 5 atom stereocenters. The molecule has 0 radical (unpaired) electrons. The molecule has 0 amide bonds. The number of nitrogens with zero attached hydrogens (tertiary/aromatic N) is 1. The van der Waals surface area contributed by atoms with Gasteiger partial charge in [0.05, 0.1) is 19.2 Å². The van der Waals surface area contributed by atoms with E-state index >= 15 is 0 Å². The summed E-state index contributed by atoms with van der Waals surface area (Å²) in [4.78, 5) is 25.2. The number of aliphatic hydroxyl groups is 2. The van der Waals surface area contributed by atoms with E-state index in [1.54, 1.807) is 19.9 Å². The van der Waals surface area contributed by atoms with Crippen molar-refractivity contribution in [3.8, 4) is 0 Å². The molecule has 0 aromatic heterocycles. The first-order chi connectivity index (χ1) is 12.1. The average Bonchev–Trinajstić information content (AvgIpc) is 2.98. The van der Waals surface area contributed by atoms with E-state index in [1.165, 1.54) is 6.92 Å². The SMILES string of the molecule is C/C=C1/C[C@@H](C)[C@](C)(O)C(=O)OCC2=CC[N+]3(C)CC[C@@H](OC1=O)[C@@]23O. The van der Waals surface area contributed by atoms with E-state index in [4.69, 9.17) is 9.47 Å². The van der Waals surface area contributed by atoms with Crippen LogP contribution in [0.4, 0.5) is 0 Å². The second-order valence-electron chi connectivity index (χ2n) is 8.08. The van der Waals surface area contributed by atoms with Crippen LogP contribution in [-0.2, 0) is 19.1 Å². The van der Waals surface area contributed by atoms with E-state index in [1.807, 2.05) is 13.1 Å². The lowest BCUT2D eigenvalue weighted by atomic mass is 9.85. The maximum absolute atomic E-state index is 12.7. The van der Waals surface area contributed by atoms with Gasteiger partial charge in [-0.2, -0.15) is 0 Å². The Morgan fingerprint density at radius 1 is 1.35 bits per heavy atom. The van der Waals surface area contributed by atoms with E-state index in [0.29, 0.717) is 35.1 Å². The zero-order valence-electron chi connectivity index (χ0n) is 15.8. The summed E-state index contributed by atoms with van der Waals surface area (Å²) in [5.74, 6) is -1.80. The number of likely N-dealkylation sites (N-methyl/N-ethyl adjacent to an activating group) is 1. The number of carbonyl (C=O) groups excluding carboxylic acids is 2. The number of cyclic esters (lactones) is 1. The summed E-state index contributed by atoms with van der Waals surface area (Å²) < 4.78 is 11.4. The molecule has 1 unspecified atom stereocenters. The van der Waals surface area contributed by atoms with E-state index < -0.39 is 35.3 Å². The highest BCUT2D eigenvalue weighted by Gasteiger charge is 2.65. The van der Waals surface area contributed by atoms with Gasteiger partial charge in [-0.3, -0.25) is 4.48 Å². The van der Waals surface area contributed by atoms with Crippen molar-refractivity contribution in [1.29, 1.82) is 0 Å². The zero-order chi connectivity index (χ0) is 19.3. The lowest BCUT2D eigenvalue weighted by Crippen LogP contribution is -2.61. The van der Waals surface area contributed by atoms with Crippen LogP contribution in [0.5, 0.6) is 0 Å². The molecule has 7 nitrogen and oxygen atoms in total. The molecule has 0 bridgehead atoms. The molecule has 0 aromatic carbocycles. The molecule has 0 aromatic rings. The highest BCUT2D eigenvalue weighted by molar-refractivity contribution is 5.89. The Balaban J connectivity index is 2.01.